The highest BCUT2D eigenvalue weighted by Gasteiger charge is 2.30. The smallest absolute Gasteiger partial charge is 0.462 e. The first-order valence-corrected chi connectivity index (χ1v) is 43.4. The molecule has 19 heteroatoms. The summed E-state index contributed by atoms with van der Waals surface area (Å²) in [4.78, 5) is 72.9. The minimum atomic E-state index is -5.00. The highest BCUT2D eigenvalue weighted by molar-refractivity contribution is 7.47. The van der Waals surface area contributed by atoms with Gasteiger partial charge in [-0.05, 0) is 128 Å². The molecule has 0 rings (SSSR count). The number of ether oxygens (including phenoxy) is 4. The van der Waals surface area contributed by atoms with Gasteiger partial charge in [0.05, 0.1) is 26.4 Å². The first kappa shape index (κ1) is 99.2. The lowest BCUT2D eigenvalue weighted by Gasteiger charge is -2.21. The molecule has 5 atom stereocenters. The Kier molecular flexibility index (Phi) is 72.9. The van der Waals surface area contributed by atoms with E-state index >= 15 is 0 Å². The minimum Gasteiger partial charge on any atom is -0.462 e. The molecule has 0 amide bonds. The van der Waals surface area contributed by atoms with Crippen molar-refractivity contribution in [2.45, 2.75) is 341 Å². The molecule has 0 aliphatic carbocycles. The monoisotopic (exact) mass is 1500 g/mol. The molecular weight excluding hydrogens is 1350 g/mol. The number of carbonyl (C=O) groups is 4. The minimum absolute atomic E-state index is 0.0337. The maximum Gasteiger partial charge on any atom is 0.472 e. The lowest BCUT2D eigenvalue weighted by molar-refractivity contribution is -0.161. The zero-order valence-electron chi connectivity index (χ0n) is 65.2. The Balaban J connectivity index is 5.47. The van der Waals surface area contributed by atoms with Crippen LogP contribution in [0.5, 0.6) is 0 Å². The van der Waals surface area contributed by atoms with E-state index in [0.29, 0.717) is 38.5 Å². The lowest BCUT2D eigenvalue weighted by atomic mass is 10.0. The van der Waals surface area contributed by atoms with Crippen molar-refractivity contribution in [2.24, 2.45) is 0 Å². The van der Waals surface area contributed by atoms with Crippen LogP contribution in [-0.4, -0.2) is 96.7 Å². The van der Waals surface area contributed by atoms with Crippen LogP contribution in [0, 0.1) is 0 Å². The number of unbranched alkanes of at least 4 members (excludes halogenated alkanes) is 27. The van der Waals surface area contributed by atoms with E-state index < -0.39 is 97.5 Å². The summed E-state index contributed by atoms with van der Waals surface area (Å²) in [7, 11) is -10.0. The highest BCUT2D eigenvalue weighted by Crippen LogP contribution is 2.45. The Morgan fingerprint density at radius 3 is 0.837 bits per heavy atom. The molecular formula is C85H144O17P2. The average molecular weight is 1500 g/mol. The number of aliphatic hydroxyl groups excluding tert-OH is 1. The van der Waals surface area contributed by atoms with Gasteiger partial charge >= 0.3 is 39.5 Å². The summed E-state index contributed by atoms with van der Waals surface area (Å²) in [6.07, 6.45) is 86.0. The van der Waals surface area contributed by atoms with Gasteiger partial charge in [0.2, 0.25) is 0 Å². The third kappa shape index (κ3) is 75.4. The van der Waals surface area contributed by atoms with Crippen LogP contribution >= 0.6 is 15.6 Å². The number of hydrogen-bond donors (Lipinski definition) is 3. The Labute approximate surface area is 631 Å². The quantitative estimate of drug-likeness (QED) is 0.0169. The maximum atomic E-state index is 13.1. The summed E-state index contributed by atoms with van der Waals surface area (Å²) in [6, 6.07) is 0. The molecule has 0 aromatic rings. The van der Waals surface area contributed by atoms with Crippen LogP contribution in [0.3, 0.4) is 0 Å². The second kappa shape index (κ2) is 76.4. The van der Waals surface area contributed by atoms with Gasteiger partial charge in [0, 0.05) is 25.7 Å². The normalized spacial score (nSPS) is 14.6. The molecule has 0 radical (unpaired) electrons. The fourth-order valence-corrected chi connectivity index (χ4v) is 12.0. The predicted molar refractivity (Wildman–Crippen MR) is 427 cm³/mol. The Hall–Kier alpha value is -4.80. The number of allylic oxidation sites excluding steroid dienone is 22. The molecule has 0 spiro atoms. The average Bonchev–Trinajstić information content (AvgIpc) is 0.926. The van der Waals surface area contributed by atoms with Crippen molar-refractivity contribution in [1.82, 2.24) is 0 Å². The molecule has 17 nitrogen and oxygen atoms in total. The summed E-state index contributed by atoms with van der Waals surface area (Å²) >= 11 is 0. The van der Waals surface area contributed by atoms with Gasteiger partial charge in [-0.3, -0.25) is 37.3 Å². The standard InChI is InChI=1S/C85H144O17P2/c1-5-9-13-17-21-25-29-33-35-37-39-41-43-47-50-54-58-62-66-70-83(88)96-76-80(101-84(89)71-67-63-59-55-51-46-32-28-24-20-16-12-8-4)77-99-103(91,92)97-73-79(86)74-98-104(93,94)100-78-81(75-95-82(87)69-65-61-57-53-49-45-31-27-23-19-15-11-7-3)102-85(90)72-68-64-60-56-52-48-44-42-40-38-36-34-30-26-22-18-14-10-6-2/h21-22,25-27,31,33-36,39-42,47-48,50,52,58,60,62,64,79-81,86H,5-20,23-24,28-30,32,37-38,43-46,49,51,53-57,59,61,63,65-78H2,1-4H3,(H,91,92)(H,93,94)/b25-21-,26-22-,31-27-,35-33-,36-34-,41-39-,42-40-,50-47-,52-48-,62-58-,64-60-/t79-,80-,81-/m1/s1. The molecule has 0 aliphatic heterocycles. The second-order valence-corrected chi connectivity index (χ2v) is 29.6. The molecule has 0 saturated heterocycles. The summed E-state index contributed by atoms with van der Waals surface area (Å²) in [5.74, 6) is -2.37. The van der Waals surface area contributed by atoms with Crippen LogP contribution in [-0.2, 0) is 65.4 Å². The van der Waals surface area contributed by atoms with Crippen LogP contribution in [0.25, 0.3) is 0 Å². The van der Waals surface area contributed by atoms with Crippen molar-refractivity contribution in [1.29, 1.82) is 0 Å². The number of aliphatic hydroxyl groups is 1. The maximum absolute atomic E-state index is 13.1. The highest BCUT2D eigenvalue weighted by atomic mass is 31.2. The number of rotatable bonds is 75. The van der Waals surface area contributed by atoms with Gasteiger partial charge in [-0.25, -0.2) is 9.13 Å². The molecule has 0 aliphatic rings. The molecule has 0 aromatic carbocycles. The Morgan fingerprint density at radius 1 is 0.269 bits per heavy atom. The largest absolute Gasteiger partial charge is 0.472 e. The van der Waals surface area contributed by atoms with Gasteiger partial charge in [-0.15, -0.1) is 0 Å². The molecule has 0 saturated carbocycles. The van der Waals surface area contributed by atoms with E-state index in [1.54, 1.807) is 0 Å². The first-order chi connectivity index (χ1) is 50.7. The molecule has 596 valence electrons. The van der Waals surface area contributed by atoms with E-state index in [0.717, 1.165) is 116 Å². The zero-order chi connectivity index (χ0) is 76.0. The molecule has 3 N–H and O–H groups in total. The van der Waals surface area contributed by atoms with E-state index in [-0.39, 0.29) is 25.7 Å². The van der Waals surface area contributed by atoms with Crippen molar-refractivity contribution in [3.05, 3.63) is 134 Å². The fourth-order valence-electron chi connectivity index (χ4n) is 10.4. The molecule has 0 aromatic heterocycles. The van der Waals surface area contributed by atoms with Crippen LogP contribution in [0.4, 0.5) is 0 Å². The molecule has 2 unspecified atom stereocenters. The van der Waals surface area contributed by atoms with E-state index in [1.807, 2.05) is 30.4 Å². The van der Waals surface area contributed by atoms with Crippen molar-refractivity contribution < 1.29 is 80.2 Å². The van der Waals surface area contributed by atoms with Crippen molar-refractivity contribution >= 4 is 39.5 Å². The lowest BCUT2D eigenvalue weighted by Crippen LogP contribution is -2.30. The van der Waals surface area contributed by atoms with Crippen molar-refractivity contribution in [3.8, 4) is 0 Å². The van der Waals surface area contributed by atoms with Gasteiger partial charge in [0.1, 0.15) is 19.3 Å². The third-order valence-corrected chi connectivity index (χ3v) is 18.5. The van der Waals surface area contributed by atoms with E-state index in [9.17, 15) is 43.2 Å². The Bertz CT molecular complexity index is 2490. The number of phosphoric acid groups is 2. The van der Waals surface area contributed by atoms with Crippen molar-refractivity contribution in [3.63, 3.8) is 0 Å². The summed E-state index contributed by atoms with van der Waals surface area (Å²) < 4.78 is 68.4. The van der Waals surface area contributed by atoms with Gasteiger partial charge < -0.3 is 33.8 Å². The molecule has 104 heavy (non-hydrogen) atoms. The summed E-state index contributed by atoms with van der Waals surface area (Å²) in [5.41, 5.74) is 0. The van der Waals surface area contributed by atoms with Gasteiger partial charge in [0.15, 0.2) is 12.2 Å². The fraction of sp³-hybridized carbons (Fsp3) is 0.694. The van der Waals surface area contributed by atoms with Gasteiger partial charge in [0.25, 0.3) is 0 Å². The number of phosphoric ester groups is 2. The van der Waals surface area contributed by atoms with Gasteiger partial charge in [-0.2, -0.15) is 0 Å². The number of carbonyl (C=O) groups excluding carboxylic acids is 4. The van der Waals surface area contributed by atoms with Crippen LogP contribution in [0.15, 0.2) is 134 Å². The topological polar surface area (TPSA) is 237 Å². The van der Waals surface area contributed by atoms with Gasteiger partial charge in [-0.1, -0.05) is 303 Å². The van der Waals surface area contributed by atoms with Crippen molar-refractivity contribution in [2.75, 3.05) is 39.6 Å². The second-order valence-electron chi connectivity index (χ2n) is 26.7. The zero-order valence-corrected chi connectivity index (χ0v) is 66.9. The number of esters is 4. The van der Waals surface area contributed by atoms with Crippen LogP contribution in [0.1, 0.15) is 323 Å². The van der Waals surface area contributed by atoms with Crippen LogP contribution in [0.2, 0.25) is 0 Å². The molecule has 0 fully saturated rings. The molecule has 0 bridgehead atoms. The number of hydrogen-bond acceptors (Lipinski definition) is 15. The van der Waals surface area contributed by atoms with E-state index in [2.05, 4.69) is 131 Å². The summed E-state index contributed by atoms with van der Waals surface area (Å²) in [5, 5.41) is 10.6. The summed E-state index contributed by atoms with van der Waals surface area (Å²) in [6.45, 7) is 4.64. The first-order valence-electron chi connectivity index (χ1n) is 40.4. The third-order valence-electron chi connectivity index (χ3n) is 16.6. The predicted octanol–water partition coefficient (Wildman–Crippen LogP) is 23.7. The molecule has 0 heterocycles. The van der Waals surface area contributed by atoms with E-state index in [1.165, 1.54) is 116 Å². The van der Waals surface area contributed by atoms with Crippen LogP contribution < -0.4 is 0 Å². The Morgan fingerprint density at radius 2 is 0.490 bits per heavy atom. The van der Waals surface area contributed by atoms with E-state index in [4.69, 9.17) is 37.0 Å². The SMILES string of the molecule is CCCCC/C=C\C/C=C\C/C=C\C/C=C\C/C=C\CCC(=O)OC[C@H](COP(=O)(O)OC[C@@H](O)COP(=O)(O)OC[C@@H](COC(=O)CCCCCCC/C=C\CCCCCC)OC(=O)CC/C=C\C/C=C\C/C=C\C/C=C\C/C=C\CCCCC)OC(=O)CCCCCCCCCCCCCCC.